The fourth-order valence-electron chi connectivity index (χ4n) is 4.44. The molecule has 2 aromatic rings. The molecular weight excluding hydrogens is 488 g/mol. The molecule has 0 fully saturated rings. The van der Waals surface area contributed by atoms with Crippen molar-refractivity contribution in [3.8, 4) is 0 Å². The lowest BCUT2D eigenvalue weighted by molar-refractivity contribution is -0.136. The summed E-state index contributed by atoms with van der Waals surface area (Å²) in [6.07, 6.45) is 1.13. The van der Waals surface area contributed by atoms with Gasteiger partial charge in [0.05, 0.1) is 30.8 Å². The number of hydrazine groups is 1. The maximum atomic E-state index is 13.1. The van der Waals surface area contributed by atoms with Crippen LogP contribution in [0.4, 0.5) is 0 Å². The predicted octanol–water partition coefficient (Wildman–Crippen LogP) is 2.22. The van der Waals surface area contributed by atoms with E-state index in [0.29, 0.717) is 43.4 Å². The van der Waals surface area contributed by atoms with Gasteiger partial charge in [-0.1, -0.05) is 67.6 Å². The van der Waals surface area contributed by atoms with Crippen LogP contribution in [0.5, 0.6) is 0 Å². The first-order valence-electron chi connectivity index (χ1n) is 12.5. The molecule has 202 valence electrons. The Labute approximate surface area is 221 Å². The van der Waals surface area contributed by atoms with Gasteiger partial charge in [-0.2, -0.15) is 0 Å². The van der Waals surface area contributed by atoms with Crippen LogP contribution in [-0.2, 0) is 14.4 Å². The van der Waals surface area contributed by atoms with Gasteiger partial charge in [-0.25, -0.2) is 15.0 Å². The first-order valence-corrected chi connectivity index (χ1v) is 12.5. The number of aliphatic hydroxyl groups is 1. The van der Waals surface area contributed by atoms with Gasteiger partial charge in [0.15, 0.2) is 0 Å². The maximum Gasteiger partial charge on any atom is 0.354 e. The number of amides is 1. The van der Waals surface area contributed by atoms with E-state index in [1.54, 1.807) is 0 Å². The lowest BCUT2D eigenvalue weighted by Crippen LogP contribution is -2.38. The van der Waals surface area contributed by atoms with E-state index in [0.717, 1.165) is 17.7 Å². The quantitative estimate of drug-likeness (QED) is 0.186. The molecule has 0 saturated heterocycles. The third-order valence-corrected chi connectivity index (χ3v) is 6.23. The molecule has 2 aromatic carbocycles. The van der Waals surface area contributed by atoms with Crippen LogP contribution in [0, 0.1) is 0 Å². The van der Waals surface area contributed by atoms with Crippen LogP contribution in [0.25, 0.3) is 5.57 Å². The number of nitrogens with one attached hydrogen (secondary N) is 2. The number of nitrogens with zero attached hydrogens (tertiary/aromatic N) is 2. The number of carbonyl (C=O) groups is 3. The maximum absolute atomic E-state index is 13.1. The molecule has 10 heteroatoms. The average molecular weight is 523 g/mol. The number of carboxylic acid groups (broad SMARTS) is 2. The minimum atomic E-state index is -1.44. The SMILES string of the molecule is CCN(CCO)CCCNC(=O)CC1=C(c2ccccc2)C(c2ccccc2)NN1C(=CC(=O)O)C(=O)O. The summed E-state index contributed by atoms with van der Waals surface area (Å²) in [6, 6.07) is 18.1. The third kappa shape index (κ3) is 7.51. The number of rotatable bonds is 14. The second-order valence-electron chi connectivity index (χ2n) is 8.75. The van der Waals surface area contributed by atoms with Gasteiger partial charge in [0.1, 0.15) is 5.70 Å². The Hall–Kier alpha value is -3.99. The highest BCUT2D eigenvalue weighted by atomic mass is 16.4. The predicted molar refractivity (Wildman–Crippen MR) is 142 cm³/mol. The highest BCUT2D eigenvalue weighted by Crippen LogP contribution is 2.41. The number of aliphatic carboxylic acids is 2. The number of likely N-dealkylation sites (N-methyl/N-ethyl adjacent to an activating group) is 1. The first-order chi connectivity index (χ1) is 18.3. The van der Waals surface area contributed by atoms with E-state index in [4.69, 9.17) is 5.11 Å². The van der Waals surface area contributed by atoms with Crippen LogP contribution in [0.1, 0.15) is 36.9 Å². The zero-order chi connectivity index (χ0) is 27.5. The molecule has 10 nitrogen and oxygen atoms in total. The Bertz CT molecular complexity index is 1170. The molecular formula is C28H34N4O6. The minimum Gasteiger partial charge on any atom is -0.478 e. The molecule has 0 radical (unpaired) electrons. The monoisotopic (exact) mass is 522 g/mol. The molecule has 0 spiro atoms. The molecule has 1 aliphatic heterocycles. The number of hydrogen-bond donors (Lipinski definition) is 5. The average Bonchev–Trinajstić information content (AvgIpc) is 3.28. The number of carboxylic acids is 2. The van der Waals surface area contributed by atoms with Crippen molar-refractivity contribution in [2.75, 3.05) is 32.8 Å². The molecule has 5 N–H and O–H groups in total. The van der Waals surface area contributed by atoms with Crippen molar-refractivity contribution in [2.24, 2.45) is 0 Å². The molecule has 1 amide bonds. The second kappa shape index (κ2) is 14.1. The van der Waals surface area contributed by atoms with Crippen LogP contribution in [0.2, 0.25) is 0 Å². The number of carbonyl (C=O) groups excluding carboxylic acids is 1. The van der Waals surface area contributed by atoms with E-state index in [1.807, 2.05) is 67.6 Å². The van der Waals surface area contributed by atoms with Gasteiger partial charge in [-0.15, -0.1) is 0 Å². The van der Waals surface area contributed by atoms with Gasteiger partial charge in [-0.05, 0) is 30.6 Å². The summed E-state index contributed by atoms with van der Waals surface area (Å²) in [4.78, 5) is 38.8. The van der Waals surface area contributed by atoms with Crippen molar-refractivity contribution in [2.45, 2.75) is 25.8 Å². The summed E-state index contributed by atoms with van der Waals surface area (Å²) in [6.45, 7) is 4.54. The zero-order valence-corrected chi connectivity index (χ0v) is 21.3. The largest absolute Gasteiger partial charge is 0.478 e. The molecule has 0 aromatic heterocycles. The first kappa shape index (κ1) is 28.6. The van der Waals surface area contributed by atoms with Gasteiger partial charge in [-0.3, -0.25) is 9.80 Å². The molecule has 38 heavy (non-hydrogen) atoms. The van der Waals surface area contributed by atoms with Crippen LogP contribution in [0.3, 0.4) is 0 Å². The van der Waals surface area contributed by atoms with Crippen molar-refractivity contribution in [1.82, 2.24) is 20.7 Å². The van der Waals surface area contributed by atoms with E-state index < -0.39 is 23.7 Å². The summed E-state index contributed by atoms with van der Waals surface area (Å²) < 4.78 is 0. The highest BCUT2D eigenvalue weighted by molar-refractivity contribution is 5.95. The summed E-state index contributed by atoms with van der Waals surface area (Å²) in [5.41, 5.74) is 5.28. The topological polar surface area (TPSA) is 142 Å². The van der Waals surface area contributed by atoms with Gasteiger partial charge in [0.2, 0.25) is 5.91 Å². The van der Waals surface area contributed by atoms with Crippen LogP contribution in [-0.4, -0.2) is 75.9 Å². The summed E-state index contributed by atoms with van der Waals surface area (Å²) in [7, 11) is 0. The van der Waals surface area contributed by atoms with E-state index in [2.05, 4.69) is 15.6 Å². The van der Waals surface area contributed by atoms with Gasteiger partial charge < -0.3 is 25.5 Å². The molecule has 1 unspecified atom stereocenters. The lowest BCUT2D eigenvalue weighted by Gasteiger charge is -2.24. The molecule has 0 bridgehead atoms. The standard InChI is InChI=1S/C28H34N4O6/c1-2-31(16-17-33)15-9-14-29-24(34)18-22-26(20-10-5-3-6-11-20)27(21-12-7-4-8-13-21)30-32(22)23(28(37)38)19-25(35)36/h3-8,10-13,19,27,30,33H,2,9,14-18H2,1H3,(H,29,34)(H,35,36)(H,37,38). The normalized spacial score (nSPS) is 15.7. The molecule has 1 atom stereocenters. The second-order valence-corrected chi connectivity index (χ2v) is 8.75. The van der Waals surface area contributed by atoms with E-state index in [9.17, 15) is 24.6 Å². The van der Waals surface area contributed by atoms with E-state index in [1.165, 1.54) is 5.01 Å². The molecule has 0 aliphatic carbocycles. The number of benzene rings is 2. The molecule has 1 aliphatic rings. The van der Waals surface area contributed by atoms with Crippen LogP contribution < -0.4 is 10.7 Å². The van der Waals surface area contributed by atoms with Crippen molar-refractivity contribution in [3.05, 3.63) is 89.3 Å². The summed E-state index contributed by atoms with van der Waals surface area (Å²) in [5, 5.41) is 32.5. The van der Waals surface area contributed by atoms with Crippen molar-refractivity contribution in [1.29, 1.82) is 0 Å². The molecule has 0 saturated carbocycles. The van der Waals surface area contributed by atoms with Gasteiger partial charge in [0, 0.05) is 18.7 Å². The van der Waals surface area contributed by atoms with Crippen molar-refractivity contribution in [3.63, 3.8) is 0 Å². The van der Waals surface area contributed by atoms with E-state index >= 15 is 0 Å². The van der Waals surface area contributed by atoms with Gasteiger partial charge in [0.25, 0.3) is 0 Å². The number of hydrogen-bond acceptors (Lipinski definition) is 7. The van der Waals surface area contributed by atoms with Crippen LogP contribution in [0.15, 0.2) is 78.1 Å². The number of aliphatic hydroxyl groups excluding tert-OH is 1. The summed E-state index contributed by atoms with van der Waals surface area (Å²) >= 11 is 0. The van der Waals surface area contributed by atoms with Crippen molar-refractivity contribution >= 4 is 23.4 Å². The molecule has 1 heterocycles. The molecule has 3 rings (SSSR count). The van der Waals surface area contributed by atoms with Gasteiger partial charge >= 0.3 is 11.9 Å². The Morgan fingerprint density at radius 3 is 2.26 bits per heavy atom. The Morgan fingerprint density at radius 1 is 1.03 bits per heavy atom. The fourth-order valence-corrected chi connectivity index (χ4v) is 4.44. The fraction of sp³-hybridized carbons (Fsp3) is 0.321. The Kier molecular flexibility index (Phi) is 10.6. The minimum absolute atomic E-state index is 0.0673. The summed E-state index contributed by atoms with van der Waals surface area (Å²) in [5.74, 6) is -3.18. The Balaban J connectivity index is 1.97. The Morgan fingerprint density at radius 2 is 1.68 bits per heavy atom. The van der Waals surface area contributed by atoms with Crippen LogP contribution >= 0.6 is 0 Å². The highest BCUT2D eigenvalue weighted by Gasteiger charge is 2.37. The third-order valence-electron chi connectivity index (χ3n) is 6.23. The lowest BCUT2D eigenvalue weighted by atomic mass is 9.92. The van der Waals surface area contributed by atoms with E-state index in [-0.39, 0.29) is 18.9 Å². The zero-order valence-electron chi connectivity index (χ0n) is 21.3. The van der Waals surface area contributed by atoms with Crippen molar-refractivity contribution < 1.29 is 29.7 Å². The smallest absolute Gasteiger partial charge is 0.354 e.